The zero-order valence-corrected chi connectivity index (χ0v) is 12.7. The van der Waals surface area contributed by atoms with Crippen molar-refractivity contribution in [1.29, 1.82) is 0 Å². The third-order valence-electron chi connectivity index (χ3n) is 2.81. The van der Waals surface area contributed by atoms with E-state index in [-0.39, 0.29) is 5.02 Å². The molecule has 0 radical (unpaired) electrons. The van der Waals surface area contributed by atoms with Gasteiger partial charge in [-0.05, 0) is 42.8 Å². The van der Waals surface area contributed by atoms with Crippen LogP contribution in [0.1, 0.15) is 22.8 Å². The number of anilines is 1. The summed E-state index contributed by atoms with van der Waals surface area (Å²) in [7, 11) is 0. The summed E-state index contributed by atoms with van der Waals surface area (Å²) in [5.74, 6) is -0.403. The van der Waals surface area contributed by atoms with Crippen LogP contribution in [-0.2, 0) is 0 Å². The summed E-state index contributed by atoms with van der Waals surface area (Å²) in [5.41, 5.74) is 10.6. The van der Waals surface area contributed by atoms with Crippen molar-refractivity contribution in [2.75, 3.05) is 5.73 Å². The van der Waals surface area contributed by atoms with Gasteiger partial charge in [-0.25, -0.2) is 5.43 Å². The maximum absolute atomic E-state index is 12.0. The van der Waals surface area contributed by atoms with Crippen molar-refractivity contribution in [3.8, 4) is 0 Å². The van der Waals surface area contributed by atoms with Crippen molar-refractivity contribution in [2.24, 2.45) is 5.10 Å². The van der Waals surface area contributed by atoms with Crippen LogP contribution in [-0.4, -0.2) is 11.6 Å². The Morgan fingerprint density at radius 2 is 1.95 bits per heavy atom. The van der Waals surface area contributed by atoms with E-state index in [1.807, 2.05) is 12.1 Å². The molecule has 6 heteroatoms. The second kappa shape index (κ2) is 6.61. The molecule has 0 aliphatic carbocycles. The Kier molecular flexibility index (Phi) is 4.83. The molecule has 0 unspecified atom stereocenters. The Morgan fingerprint density at radius 1 is 1.19 bits per heavy atom. The topological polar surface area (TPSA) is 67.5 Å². The van der Waals surface area contributed by atoms with Gasteiger partial charge in [-0.3, -0.25) is 4.79 Å². The molecule has 0 saturated heterocycles. The van der Waals surface area contributed by atoms with Gasteiger partial charge in [0.25, 0.3) is 5.91 Å². The molecule has 0 atom stereocenters. The Labute approximate surface area is 132 Å². The minimum Gasteiger partial charge on any atom is -0.399 e. The van der Waals surface area contributed by atoms with Gasteiger partial charge in [0.15, 0.2) is 0 Å². The van der Waals surface area contributed by atoms with Crippen LogP contribution in [0.3, 0.4) is 0 Å². The van der Waals surface area contributed by atoms with E-state index in [0.717, 1.165) is 5.56 Å². The van der Waals surface area contributed by atoms with Gasteiger partial charge < -0.3 is 5.73 Å². The van der Waals surface area contributed by atoms with E-state index in [4.69, 9.17) is 28.9 Å². The van der Waals surface area contributed by atoms with Gasteiger partial charge in [-0.2, -0.15) is 5.10 Å². The van der Waals surface area contributed by atoms with Crippen LogP contribution in [0.15, 0.2) is 47.6 Å². The number of nitrogens with zero attached hydrogens (tertiary/aromatic N) is 1. The Hall–Kier alpha value is -2.04. The summed E-state index contributed by atoms with van der Waals surface area (Å²) in [6.07, 6.45) is 0. The van der Waals surface area contributed by atoms with Crippen molar-refractivity contribution in [1.82, 2.24) is 5.43 Å². The molecular weight excluding hydrogens is 309 g/mol. The molecule has 21 heavy (non-hydrogen) atoms. The Balaban J connectivity index is 2.14. The molecule has 2 aromatic rings. The lowest BCUT2D eigenvalue weighted by Crippen LogP contribution is -2.19. The van der Waals surface area contributed by atoms with Gasteiger partial charge in [-0.1, -0.05) is 35.3 Å². The summed E-state index contributed by atoms with van der Waals surface area (Å²) >= 11 is 11.8. The molecule has 2 aromatic carbocycles. The smallest absolute Gasteiger partial charge is 0.272 e. The molecule has 0 saturated carbocycles. The lowest BCUT2D eigenvalue weighted by Gasteiger charge is -2.05. The van der Waals surface area contributed by atoms with E-state index in [1.165, 1.54) is 6.07 Å². The molecule has 0 fully saturated rings. The first-order valence-corrected chi connectivity index (χ1v) is 6.88. The molecule has 4 nitrogen and oxygen atoms in total. The van der Waals surface area contributed by atoms with Gasteiger partial charge in [-0.15, -0.1) is 0 Å². The first-order chi connectivity index (χ1) is 9.97. The highest BCUT2D eigenvalue weighted by atomic mass is 35.5. The SMILES string of the molecule is C/C(=N\NC(=O)c1ccc(Cl)cc1Cl)c1cccc(N)c1. The number of amides is 1. The van der Waals surface area contributed by atoms with Gasteiger partial charge >= 0.3 is 0 Å². The number of benzene rings is 2. The Morgan fingerprint density at radius 3 is 2.62 bits per heavy atom. The van der Waals surface area contributed by atoms with Crippen molar-refractivity contribution < 1.29 is 4.79 Å². The molecule has 0 spiro atoms. The molecule has 0 aromatic heterocycles. The number of nitrogens with two attached hydrogens (primary N) is 1. The molecule has 108 valence electrons. The summed E-state index contributed by atoms with van der Waals surface area (Å²) in [5, 5.41) is 4.79. The first-order valence-electron chi connectivity index (χ1n) is 6.13. The van der Waals surface area contributed by atoms with E-state index in [9.17, 15) is 4.79 Å². The predicted octanol–water partition coefficient (Wildman–Crippen LogP) is 3.73. The number of halogens is 2. The number of carbonyl (C=O) groups is 1. The van der Waals surface area contributed by atoms with Crippen molar-refractivity contribution in [3.05, 3.63) is 63.6 Å². The lowest BCUT2D eigenvalue weighted by molar-refractivity contribution is 0.0955. The molecule has 0 aliphatic heterocycles. The zero-order chi connectivity index (χ0) is 15.4. The standard InChI is InChI=1S/C15H13Cl2N3O/c1-9(10-3-2-4-12(18)7-10)19-20-15(21)13-6-5-11(16)8-14(13)17/h2-8H,18H2,1H3,(H,20,21)/b19-9+. The van der Waals surface area contributed by atoms with Gasteiger partial charge in [0, 0.05) is 10.7 Å². The summed E-state index contributed by atoms with van der Waals surface area (Å²) < 4.78 is 0. The maximum atomic E-state index is 12.0. The minimum absolute atomic E-state index is 0.275. The number of hydrazone groups is 1. The van der Waals surface area contributed by atoms with Crippen molar-refractivity contribution in [3.63, 3.8) is 0 Å². The number of hydrogen-bond acceptors (Lipinski definition) is 3. The summed E-state index contributed by atoms with van der Waals surface area (Å²) in [4.78, 5) is 12.0. The van der Waals surface area contributed by atoms with Gasteiger partial charge in [0.05, 0.1) is 16.3 Å². The molecule has 0 aliphatic rings. The highest BCUT2D eigenvalue weighted by Gasteiger charge is 2.10. The lowest BCUT2D eigenvalue weighted by atomic mass is 10.1. The average Bonchev–Trinajstić information content (AvgIpc) is 2.44. The third kappa shape index (κ3) is 3.97. The van der Waals surface area contributed by atoms with E-state index >= 15 is 0 Å². The summed E-state index contributed by atoms with van der Waals surface area (Å²) in [6.45, 7) is 1.78. The zero-order valence-electron chi connectivity index (χ0n) is 11.2. The van der Waals surface area contributed by atoms with Crippen LogP contribution in [0.25, 0.3) is 0 Å². The first kappa shape index (κ1) is 15.4. The highest BCUT2D eigenvalue weighted by Crippen LogP contribution is 2.20. The van der Waals surface area contributed by atoms with Crippen LogP contribution >= 0.6 is 23.2 Å². The maximum Gasteiger partial charge on any atom is 0.272 e. The van der Waals surface area contributed by atoms with E-state index in [1.54, 1.807) is 31.2 Å². The van der Waals surface area contributed by atoms with E-state index in [2.05, 4.69) is 10.5 Å². The van der Waals surface area contributed by atoms with Crippen LogP contribution in [0.4, 0.5) is 5.69 Å². The van der Waals surface area contributed by atoms with Crippen LogP contribution in [0.5, 0.6) is 0 Å². The van der Waals surface area contributed by atoms with E-state index in [0.29, 0.717) is 22.0 Å². The fourth-order valence-electron chi connectivity index (χ4n) is 1.70. The molecular formula is C15H13Cl2N3O. The normalized spacial score (nSPS) is 11.3. The molecule has 1 amide bonds. The molecule has 0 bridgehead atoms. The van der Waals surface area contributed by atoms with Crippen molar-refractivity contribution in [2.45, 2.75) is 6.92 Å². The van der Waals surface area contributed by atoms with Crippen molar-refractivity contribution >= 4 is 40.5 Å². The van der Waals surface area contributed by atoms with Crippen LogP contribution in [0, 0.1) is 0 Å². The van der Waals surface area contributed by atoms with Crippen LogP contribution in [0.2, 0.25) is 10.0 Å². The minimum atomic E-state index is -0.403. The number of rotatable bonds is 3. The molecule has 0 heterocycles. The van der Waals surface area contributed by atoms with Crippen LogP contribution < -0.4 is 11.2 Å². The van der Waals surface area contributed by atoms with Gasteiger partial charge in [0.1, 0.15) is 0 Å². The molecule has 2 rings (SSSR count). The number of hydrogen-bond donors (Lipinski definition) is 2. The van der Waals surface area contributed by atoms with Gasteiger partial charge in [0.2, 0.25) is 0 Å². The fraction of sp³-hybridized carbons (Fsp3) is 0.0667. The number of nitrogen functional groups attached to an aromatic ring is 1. The number of nitrogens with one attached hydrogen (secondary N) is 1. The Bertz CT molecular complexity index is 714. The third-order valence-corrected chi connectivity index (χ3v) is 3.35. The monoisotopic (exact) mass is 321 g/mol. The summed E-state index contributed by atoms with van der Waals surface area (Å²) in [6, 6.07) is 11.9. The largest absolute Gasteiger partial charge is 0.399 e. The van der Waals surface area contributed by atoms with E-state index < -0.39 is 5.91 Å². The highest BCUT2D eigenvalue weighted by molar-refractivity contribution is 6.36. The predicted molar refractivity (Wildman–Crippen MR) is 87.0 cm³/mol. The second-order valence-corrected chi connectivity index (χ2v) is 5.23. The average molecular weight is 322 g/mol. The molecule has 3 N–H and O–H groups in total. The quantitative estimate of drug-likeness (QED) is 0.514. The fourth-order valence-corrected chi connectivity index (χ4v) is 2.19. The number of carbonyl (C=O) groups excluding carboxylic acids is 1. The second-order valence-electron chi connectivity index (χ2n) is 4.39.